The first-order valence-electron chi connectivity index (χ1n) is 17.2. The molecule has 0 bridgehead atoms. The van der Waals surface area contributed by atoms with Crippen LogP contribution in [0.15, 0.2) is 146 Å². The van der Waals surface area contributed by atoms with Crippen LogP contribution in [0.25, 0.3) is 44.5 Å². The number of rotatable bonds is 5. The average molecular weight is 650 g/mol. The summed E-state index contributed by atoms with van der Waals surface area (Å²) in [7, 11) is -0.520. The lowest BCUT2D eigenvalue weighted by molar-refractivity contribution is 0.00578. The van der Waals surface area contributed by atoms with Crippen LogP contribution < -0.4 is 5.46 Å². The Hall–Kier alpha value is -5.43. The van der Waals surface area contributed by atoms with Gasteiger partial charge in [-0.25, -0.2) is 9.97 Å². The summed E-state index contributed by atoms with van der Waals surface area (Å²) in [6.45, 7) is 8.38. The molecule has 6 heteroatoms. The summed E-state index contributed by atoms with van der Waals surface area (Å²) >= 11 is 0. The lowest BCUT2D eigenvalue weighted by Crippen LogP contribution is -2.41. The van der Waals surface area contributed by atoms with E-state index in [4.69, 9.17) is 24.3 Å². The van der Waals surface area contributed by atoms with Gasteiger partial charge < -0.3 is 9.31 Å². The second kappa shape index (κ2) is 11.3. The van der Waals surface area contributed by atoms with Crippen molar-refractivity contribution in [2.45, 2.75) is 44.3 Å². The van der Waals surface area contributed by atoms with E-state index in [0.29, 0.717) is 5.82 Å². The van der Waals surface area contributed by atoms with Crippen LogP contribution in [0.4, 0.5) is 0 Å². The van der Waals surface area contributed by atoms with Crippen molar-refractivity contribution in [2.24, 2.45) is 0 Å². The molecule has 2 aliphatic rings. The molecule has 2 aromatic heterocycles. The van der Waals surface area contributed by atoms with Gasteiger partial charge in [-0.1, -0.05) is 133 Å². The standard InChI is InChI=1S/C44H36BN3O2/c1-42(2)43(3,4)50-45(49-42)32-24-25-34-33-22-14-15-23-36(33)44(37(34)28-32,31-20-12-7-13-21-31)41-47-38(29-16-8-5-9-17-29)35-26-27-46-39(40(35)48-41)30-18-10-6-11-19-30/h5-28H,1-4H3. The molecule has 1 fully saturated rings. The van der Waals surface area contributed by atoms with Crippen LogP contribution in [-0.2, 0) is 14.7 Å². The first-order valence-corrected chi connectivity index (χ1v) is 17.2. The molecule has 1 saturated heterocycles. The van der Waals surface area contributed by atoms with Gasteiger partial charge in [0.15, 0.2) is 0 Å². The van der Waals surface area contributed by atoms with Gasteiger partial charge in [0.2, 0.25) is 0 Å². The van der Waals surface area contributed by atoms with Gasteiger partial charge in [0.25, 0.3) is 0 Å². The molecular formula is C44H36BN3O2. The molecular weight excluding hydrogens is 613 g/mol. The molecule has 0 radical (unpaired) electrons. The van der Waals surface area contributed by atoms with Crippen molar-refractivity contribution in [3.05, 3.63) is 168 Å². The van der Waals surface area contributed by atoms with E-state index >= 15 is 0 Å². The van der Waals surface area contributed by atoms with Crippen LogP contribution in [0.5, 0.6) is 0 Å². The zero-order valence-corrected chi connectivity index (χ0v) is 28.6. The first-order chi connectivity index (χ1) is 24.3. The summed E-state index contributed by atoms with van der Waals surface area (Å²) in [5.74, 6) is 0.692. The van der Waals surface area contributed by atoms with Gasteiger partial charge in [0.1, 0.15) is 16.8 Å². The third kappa shape index (κ3) is 4.52. The largest absolute Gasteiger partial charge is 0.494 e. The van der Waals surface area contributed by atoms with E-state index in [-0.39, 0.29) is 0 Å². The lowest BCUT2D eigenvalue weighted by atomic mass is 9.69. The Morgan fingerprint density at radius 2 is 1.12 bits per heavy atom. The maximum Gasteiger partial charge on any atom is 0.494 e. The molecule has 7 aromatic rings. The topological polar surface area (TPSA) is 57.1 Å². The fourth-order valence-corrected chi connectivity index (χ4v) is 7.64. The normalized spacial score (nSPS) is 18.6. The van der Waals surface area contributed by atoms with Crippen LogP contribution in [0.1, 0.15) is 50.2 Å². The van der Waals surface area contributed by atoms with Crippen molar-refractivity contribution in [1.29, 1.82) is 0 Å². The fraction of sp³-hybridized carbons (Fsp3) is 0.159. The van der Waals surface area contributed by atoms with Crippen LogP contribution >= 0.6 is 0 Å². The second-order valence-corrected chi connectivity index (χ2v) is 14.2. The Bertz CT molecular complexity index is 2380. The summed E-state index contributed by atoms with van der Waals surface area (Å²) in [6, 6.07) is 48.7. The number of nitrogens with zero attached hydrogens (tertiary/aromatic N) is 3. The predicted molar refractivity (Wildman–Crippen MR) is 201 cm³/mol. The summed E-state index contributed by atoms with van der Waals surface area (Å²) in [6.07, 6.45) is 1.87. The minimum Gasteiger partial charge on any atom is -0.399 e. The Morgan fingerprint density at radius 3 is 1.80 bits per heavy atom. The SMILES string of the molecule is CC1(C)OB(c2ccc3c(c2)C(c2ccccc2)(c2nc(-c4ccccc4)c4ccnc(-c5ccccc5)c4n2)c2ccccc2-3)OC1(C)C. The van der Waals surface area contributed by atoms with E-state index in [9.17, 15) is 0 Å². The molecule has 242 valence electrons. The third-order valence-corrected chi connectivity index (χ3v) is 10.8. The Morgan fingerprint density at radius 1 is 0.540 bits per heavy atom. The summed E-state index contributed by atoms with van der Waals surface area (Å²) in [5, 5.41) is 0.953. The van der Waals surface area contributed by atoms with Crippen molar-refractivity contribution in [3.8, 4) is 33.6 Å². The molecule has 1 atom stereocenters. The van der Waals surface area contributed by atoms with Crippen molar-refractivity contribution in [1.82, 2.24) is 15.0 Å². The van der Waals surface area contributed by atoms with Crippen LogP contribution in [0.3, 0.4) is 0 Å². The highest BCUT2D eigenvalue weighted by Gasteiger charge is 2.53. The van der Waals surface area contributed by atoms with E-state index in [1.165, 1.54) is 0 Å². The van der Waals surface area contributed by atoms with Crippen LogP contribution in [0.2, 0.25) is 0 Å². The lowest BCUT2D eigenvalue weighted by Gasteiger charge is -2.32. The van der Waals surface area contributed by atoms with Gasteiger partial charge in [-0.3, -0.25) is 4.98 Å². The van der Waals surface area contributed by atoms with Gasteiger partial charge in [0, 0.05) is 22.7 Å². The third-order valence-electron chi connectivity index (χ3n) is 10.8. The van der Waals surface area contributed by atoms with Gasteiger partial charge in [-0.2, -0.15) is 0 Å². The van der Waals surface area contributed by atoms with E-state index in [1.54, 1.807) is 0 Å². The maximum atomic E-state index is 6.60. The van der Waals surface area contributed by atoms with Crippen molar-refractivity contribution < 1.29 is 9.31 Å². The Kier molecular flexibility index (Phi) is 6.93. The molecule has 0 N–H and O–H groups in total. The zero-order valence-electron chi connectivity index (χ0n) is 28.6. The quantitative estimate of drug-likeness (QED) is 0.174. The maximum absolute atomic E-state index is 6.60. The highest BCUT2D eigenvalue weighted by molar-refractivity contribution is 6.62. The molecule has 1 unspecified atom stereocenters. The summed E-state index contributed by atoms with van der Waals surface area (Å²) in [4.78, 5) is 16.1. The molecule has 0 spiro atoms. The Labute approximate surface area is 293 Å². The van der Waals surface area contributed by atoms with Gasteiger partial charge in [-0.15, -0.1) is 0 Å². The number of fused-ring (bicyclic) bond motifs is 4. The van der Waals surface area contributed by atoms with Gasteiger partial charge >= 0.3 is 7.12 Å². The number of hydrogen-bond donors (Lipinski definition) is 0. The smallest absolute Gasteiger partial charge is 0.399 e. The Balaban J connectivity index is 1.40. The minimum absolute atomic E-state index is 0.469. The number of pyridine rings is 1. The predicted octanol–water partition coefficient (Wildman–Crippen LogP) is 9.02. The highest BCUT2D eigenvalue weighted by atomic mass is 16.7. The second-order valence-electron chi connectivity index (χ2n) is 14.2. The molecule has 5 nitrogen and oxygen atoms in total. The summed E-state index contributed by atoms with van der Waals surface area (Å²) in [5.41, 5.74) is 9.32. The number of hydrogen-bond acceptors (Lipinski definition) is 5. The van der Waals surface area contributed by atoms with E-state index in [1.807, 2.05) is 36.5 Å². The average Bonchev–Trinajstić information content (AvgIpc) is 3.57. The molecule has 1 aliphatic heterocycles. The highest BCUT2D eigenvalue weighted by Crippen LogP contribution is 2.55. The van der Waals surface area contributed by atoms with Crippen LogP contribution in [-0.4, -0.2) is 33.3 Å². The number of benzene rings is 5. The van der Waals surface area contributed by atoms with Crippen molar-refractivity contribution in [3.63, 3.8) is 0 Å². The monoisotopic (exact) mass is 649 g/mol. The minimum atomic E-state index is -0.853. The first kappa shape index (κ1) is 30.6. The van der Waals surface area contributed by atoms with E-state index in [0.717, 1.165) is 66.7 Å². The molecule has 1 aliphatic carbocycles. The van der Waals surface area contributed by atoms with Gasteiger partial charge in [-0.05, 0) is 67.0 Å². The number of aromatic nitrogens is 3. The van der Waals surface area contributed by atoms with Gasteiger partial charge in [0.05, 0.1) is 22.6 Å². The van der Waals surface area contributed by atoms with E-state index in [2.05, 4.69) is 137 Å². The molecule has 3 heterocycles. The van der Waals surface area contributed by atoms with E-state index < -0.39 is 23.7 Å². The van der Waals surface area contributed by atoms with Crippen molar-refractivity contribution >= 4 is 23.5 Å². The molecule has 9 rings (SSSR count). The summed E-state index contributed by atoms with van der Waals surface area (Å²) < 4.78 is 13.2. The van der Waals surface area contributed by atoms with Crippen LogP contribution in [0, 0.1) is 0 Å². The zero-order chi connectivity index (χ0) is 34.1. The molecule has 50 heavy (non-hydrogen) atoms. The fourth-order valence-electron chi connectivity index (χ4n) is 7.64. The van der Waals surface area contributed by atoms with Crippen molar-refractivity contribution in [2.75, 3.05) is 0 Å². The molecule has 0 saturated carbocycles. The molecule has 0 amide bonds. The molecule has 5 aromatic carbocycles.